The lowest BCUT2D eigenvalue weighted by Crippen LogP contribution is -2.11. The third-order valence-electron chi connectivity index (χ3n) is 1.76. The third kappa shape index (κ3) is 1.68. The molecule has 1 rings (SSSR count). The van der Waals surface area contributed by atoms with Crippen LogP contribution in [0.4, 0.5) is 11.4 Å². The molecule has 0 aromatic heterocycles. The van der Waals surface area contributed by atoms with Gasteiger partial charge in [-0.1, -0.05) is 6.07 Å². The molecule has 1 aromatic rings. The predicted molar refractivity (Wildman–Crippen MR) is 51.1 cm³/mol. The summed E-state index contributed by atoms with van der Waals surface area (Å²) in [6.07, 6.45) is 0. The van der Waals surface area contributed by atoms with Gasteiger partial charge in [-0.25, -0.2) is 0 Å². The van der Waals surface area contributed by atoms with E-state index in [9.17, 15) is 0 Å². The third-order valence-corrected chi connectivity index (χ3v) is 1.76. The number of benzene rings is 1. The average Bonchev–Trinajstić information content (AvgIpc) is 2.03. The summed E-state index contributed by atoms with van der Waals surface area (Å²) in [5, 5.41) is 8.82. The molecule has 0 amide bonds. The maximum atomic E-state index is 8.82. The van der Waals surface area contributed by atoms with Gasteiger partial charge in [0.25, 0.3) is 0 Å². The first-order valence-electron chi connectivity index (χ1n) is 3.81. The van der Waals surface area contributed by atoms with Crippen LogP contribution < -0.4 is 10.6 Å². The topological polar surface area (TPSA) is 49.5 Å². The SMILES string of the molecule is CN(C)c1ccc(CO)cc1N. The van der Waals surface area contributed by atoms with Gasteiger partial charge in [-0.15, -0.1) is 0 Å². The summed E-state index contributed by atoms with van der Waals surface area (Å²) in [6.45, 7) is 0.0396. The van der Waals surface area contributed by atoms with Crippen molar-refractivity contribution in [3.05, 3.63) is 23.8 Å². The monoisotopic (exact) mass is 166 g/mol. The number of nitrogens with two attached hydrogens (primary N) is 1. The van der Waals surface area contributed by atoms with Crippen molar-refractivity contribution in [2.75, 3.05) is 24.7 Å². The zero-order chi connectivity index (χ0) is 9.14. The highest BCUT2D eigenvalue weighted by molar-refractivity contribution is 5.67. The Morgan fingerprint density at radius 3 is 2.50 bits per heavy atom. The summed E-state index contributed by atoms with van der Waals surface area (Å²) >= 11 is 0. The molecule has 0 bridgehead atoms. The van der Waals surface area contributed by atoms with E-state index in [4.69, 9.17) is 10.8 Å². The quantitative estimate of drug-likeness (QED) is 0.640. The van der Waals surface area contributed by atoms with E-state index >= 15 is 0 Å². The van der Waals surface area contributed by atoms with Crippen LogP contribution in [0.1, 0.15) is 5.56 Å². The molecule has 3 N–H and O–H groups in total. The molecule has 0 unspecified atom stereocenters. The maximum Gasteiger partial charge on any atom is 0.0682 e. The number of hydrogen-bond acceptors (Lipinski definition) is 3. The zero-order valence-corrected chi connectivity index (χ0v) is 7.41. The van der Waals surface area contributed by atoms with Crippen molar-refractivity contribution in [1.29, 1.82) is 0 Å². The molecule has 0 radical (unpaired) electrons. The highest BCUT2D eigenvalue weighted by Crippen LogP contribution is 2.21. The molecular weight excluding hydrogens is 152 g/mol. The first-order chi connectivity index (χ1) is 5.65. The number of anilines is 2. The molecule has 0 saturated carbocycles. The van der Waals surface area contributed by atoms with Crippen molar-refractivity contribution >= 4 is 11.4 Å². The van der Waals surface area contributed by atoms with Crippen LogP contribution in [0.3, 0.4) is 0 Å². The van der Waals surface area contributed by atoms with Crippen LogP contribution in [-0.4, -0.2) is 19.2 Å². The highest BCUT2D eigenvalue weighted by Gasteiger charge is 2.00. The molecule has 0 fully saturated rings. The molecule has 0 saturated heterocycles. The van der Waals surface area contributed by atoms with Gasteiger partial charge in [0.1, 0.15) is 0 Å². The number of nitrogen functional groups attached to an aromatic ring is 1. The Morgan fingerprint density at radius 2 is 2.08 bits per heavy atom. The molecule has 0 heterocycles. The van der Waals surface area contributed by atoms with Crippen LogP contribution in [-0.2, 0) is 6.61 Å². The normalized spacial score (nSPS) is 9.92. The van der Waals surface area contributed by atoms with Gasteiger partial charge < -0.3 is 15.7 Å². The van der Waals surface area contributed by atoms with Gasteiger partial charge in [0.15, 0.2) is 0 Å². The summed E-state index contributed by atoms with van der Waals surface area (Å²) < 4.78 is 0. The molecule has 0 spiro atoms. The van der Waals surface area contributed by atoms with Gasteiger partial charge in [0.2, 0.25) is 0 Å². The number of aliphatic hydroxyl groups is 1. The molecule has 12 heavy (non-hydrogen) atoms. The van der Waals surface area contributed by atoms with Gasteiger partial charge in [0.05, 0.1) is 18.0 Å². The van der Waals surface area contributed by atoms with Gasteiger partial charge in [0, 0.05) is 14.1 Å². The summed E-state index contributed by atoms with van der Waals surface area (Å²) in [7, 11) is 3.87. The van der Waals surface area contributed by atoms with Crippen molar-refractivity contribution in [2.45, 2.75) is 6.61 Å². The van der Waals surface area contributed by atoms with Crippen LogP contribution in [0.15, 0.2) is 18.2 Å². The van der Waals surface area contributed by atoms with Crippen LogP contribution in [0.25, 0.3) is 0 Å². The highest BCUT2D eigenvalue weighted by atomic mass is 16.3. The van der Waals surface area contributed by atoms with E-state index in [1.165, 1.54) is 0 Å². The molecule has 0 aliphatic carbocycles. The lowest BCUT2D eigenvalue weighted by atomic mass is 10.2. The second kappa shape index (κ2) is 3.45. The fourth-order valence-electron chi connectivity index (χ4n) is 1.11. The minimum Gasteiger partial charge on any atom is -0.397 e. The second-order valence-corrected chi connectivity index (χ2v) is 2.95. The predicted octanol–water partition coefficient (Wildman–Crippen LogP) is 0.827. The van der Waals surface area contributed by atoms with E-state index in [2.05, 4.69) is 0 Å². The van der Waals surface area contributed by atoms with E-state index < -0.39 is 0 Å². The second-order valence-electron chi connectivity index (χ2n) is 2.95. The van der Waals surface area contributed by atoms with E-state index in [1.807, 2.05) is 31.1 Å². The van der Waals surface area contributed by atoms with Crippen LogP contribution in [0.2, 0.25) is 0 Å². The van der Waals surface area contributed by atoms with E-state index in [-0.39, 0.29) is 6.61 Å². The van der Waals surface area contributed by atoms with E-state index in [1.54, 1.807) is 6.07 Å². The summed E-state index contributed by atoms with van der Waals surface area (Å²) in [4.78, 5) is 1.94. The summed E-state index contributed by atoms with van der Waals surface area (Å²) in [5.74, 6) is 0. The van der Waals surface area contributed by atoms with Crippen LogP contribution >= 0.6 is 0 Å². The Kier molecular flexibility index (Phi) is 2.55. The lowest BCUT2D eigenvalue weighted by molar-refractivity contribution is 0.282. The first-order valence-corrected chi connectivity index (χ1v) is 3.81. The smallest absolute Gasteiger partial charge is 0.0682 e. The number of aliphatic hydroxyl groups excluding tert-OH is 1. The van der Waals surface area contributed by atoms with Crippen molar-refractivity contribution in [3.63, 3.8) is 0 Å². The molecule has 0 aliphatic heterocycles. The van der Waals surface area contributed by atoms with Gasteiger partial charge in [-0.3, -0.25) is 0 Å². The van der Waals surface area contributed by atoms with Gasteiger partial charge in [-0.05, 0) is 17.7 Å². The fraction of sp³-hybridized carbons (Fsp3) is 0.333. The Morgan fingerprint density at radius 1 is 1.42 bits per heavy atom. The number of rotatable bonds is 2. The lowest BCUT2D eigenvalue weighted by Gasteiger charge is -2.15. The zero-order valence-electron chi connectivity index (χ0n) is 7.41. The standard InChI is InChI=1S/C9H14N2O/c1-11(2)9-4-3-7(6-12)5-8(9)10/h3-5,12H,6,10H2,1-2H3. The van der Waals surface area contributed by atoms with Crippen molar-refractivity contribution in [1.82, 2.24) is 0 Å². The summed E-state index contributed by atoms with van der Waals surface area (Å²) in [6, 6.07) is 5.56. The fourth-order valence-corrected chi connectivity index (χ4v) is 1.11. The minimum absolute atomic E-state index is 0.0396. The minimum atomic E-state index is 0.0396. The maximum absolute atomic E-state index is 8.82. The molecule has 3 nitrogen and oxygen atoms in total. The molecule has 1 aromatic carbocycles. The average molecular weight is 166 g/mol. The largest absolute Gasteiger partial charge is 0.397 e. The Hall–Kier alpha value is -1.22. The Balaban J connectivity index is 3.03. The van der Waals surface area contributed by atoms with Crippen molar-refractivity contribution in [2.24, 2.45) is 0 Å². The molecule has 0 aliphatic rings. The van der Waals surface area contributed by atoms with Gasteiger partial charge >= 0.3 is 0 Å². The van der Waals surface area contributed by atoms with Crippen molar-refractivity contribution < 1.29 is 5.11 Å². The Labute approximate surface area is 72.4 Å². The first kappa shape index (κ1) is 8.87. The van der Waals surface area contributed by atoms with Crippen LogP contribution in [0, 0.1) is 0 Å². The van der Waals surface area contributed by atoms with Crippen LogP contribution in [0.5, 0.6) is 0 Å². The molecule has 66 valence electrons. The molecule has 3 heteroatoms. The molecular formula is C9H14N2O. The molecule has 0 atom stereocenters. The summed E-state index contributed by atoms with van der Waals surface area (Å²) in [5.41, 5.74) is 8.27. The van der Waals surface area contributed by atoms with Crippen molar-refractivity contribution in [3.8, 4) is 0 Å². The van der Waals surface area contributed by atoms with E-state index in [0.717, 1.165) is 11.3 Å². The van der Waals surface area contributed by atoms with E-state index in [0.29, 0.717) is 5.69 Å². The number of nitrogens with zero attached hydrogens (tertiary/aromatic N) is 1. The van der Waals surface area contributed by atoms with Gasteiger partial charge in [-0.2, -0.15) is 0 Å². The number of hydrogen-bond donors (Lipinski definition) is 2. The Bertz CT molecular complexity index is 271.